The Morgan fingerprint density at radius 2 is 2.12 bits per heavy atom. The van der Waals surface area contributed by atoms with E-state index in [0.717, 1.165) is 0 Å². The average molecular weight is 421 g/mol. The molecule has 3 heterocycles. The van der Waals surface area contributed by atoms with Crippen LogP contribution in [0.25, 0.3) is 11.0 Å². The summed E-state index contributed by atoms with van der Waals surface area (Å²) in [6, 6.07) is 0. The van der Waals surface area contributed by atoms with Gasteiger partial charge in [-0.15, -0.1) is 17.3 Å². The molecule has 0 aromatic carbocycles. The van der Waals surface area contributed by atoms with Gasteiger partial charge in [0, 0.05) is 32.7 Å². The van der Waals surface area contributed by atoms with Crippen LogP contribution in [0.5, 0.6) is 0 Å². The number of nitrogen functional groups attached to an aromatic ring is 1. The second-order valence-electron chi connectivity index (χ2n) is 5.14. The normalized spacial score (nSPS) is 26.8. The minimum atomic E-state index is -1.04. The molecule has 9 heteroatoms. The van der Waals surface area contributed by atoms with Gasteiger partial charge in [0.2, 0.25) is 0 Å². The Balaban J connectivity index is 0.00000208. The topological polar surface area (TPSA) is 117 Å². The third kappa shape index (κ3) is 3.31. The number of thioether (sulfide) groups is 1. The number of allylic oxidation sites excluding steroid dienone is 2. The van der Waals surface area contributed by atoms with Crippen molar-refractivity contribution in [2.75, 3.05) is 12.3 Å². The van der Waals surface area contributed by atoms with Crippen LogP contribution in [0.4, 0.5) is 5.82 Å². The summed E-state index contributed by atoms with van der Waals surface area (Å²) in [6.07, 6.45) is 6.86. The van der Waals surface area contributed by atoms with Crippen LogP contribution < -0.4 is 5.73 Å². The number of hydrogen-bond acceptors (Lipinski definition) is 7. The minimum Gasteiger partial charge on any atom is -0.395 e. The molecule has 1 fully saturated rings. The minimum absolute atomic E-state index is 0. The van der Waals surface area contributed by atoms with E-state index in [2.05, 4.69) is 16.0 Å². The van der Waals surface area contributed by atoms with Gasteiger partial charge in [-0.1, -0.05) is 6.20 Å². The molecule has 24 heavy (non-hydrogen) atoms. The maximum absolute atomic E-state index is 10.3. The van der Waals surface area contributed by atoms with Crippen LogP contribution in [0.1, 0.15) is 10.9 Å². The summed E-state index contributed by atoms with van der Waals surface area (Å²) in [7, 11) is 0. The summed E-state index contributed by atoms with van der Waals surface area (Å²) in [6.45, 7) is 5.12. The van der Waals surface area contributed by atoms with Crippen molar-refractivity contribution in [3.63, 3.8) is 0 Å². The van der Waals surface area contributed by atoms with Gasteiger partial charge < -0.3 is 38.3 Å². The monoisotopic (exact) mass is 421 g/mol. The molecule has 5 N–H and O–H groups in total. The summed E-state index contributed by atoms with van der Waals surface area (Å²) in [5.41, 5.74) is 7.09. The standard InChI is InChI=1S/C15H16N4O3S.Y/c1-2-3-4-8-5-19(14-10(8)13(16)17-7-18-14)15-12(22)11(21)9(6-20)23-15;/h1-3,5,7,9,11-12,15,20-22H,6H2,(H2,16,17,18);/q-2;/t9-,11?,12+,15-;/m1./s1. The fourth-order valence-corrected chi connectivity index (χ4v) is 4.04. The van der Waals surface area contributed by atoms with Crippen LogP contribution in [0, 0.1) is 12.7 Å². The van der Waals surface area contributed by atoms with Crippen molar-refractivity contribution in [3.05, 3.63) is 42.9 Å². The van der Waals surface area contributed by atoms with Gasteiger partial charge in [-0.3, -0.25) is 6.08 Å². The van der Waals surface area contributed by atoms with E-state index in [1.54, 1.807) is 10.8 Å². The number of nitrogens with two attached hydrogens (primary N) is 1. The van der Waals surface area contributed by atoms with E-state index in [1.165, 1.54) is 30.2 Å². The zero-order valence-electron chi connectivity index (χ0n) is 12.6. The van der Waals surface area contributed by atoms with E-state index in [1.807, 2.05) is 0 Å². The van der Waals surface area contributed by atoms with E-state index in [9.17, 15) is 15.3 Å². The first-order valence-corrected chi connectivity index (χ1v) is 7.89. The Hall–Kier alpha value is -0.766. The van der Waals surface area contributed by atoms with Crippen molar-refractivity contribution >= 4 is 28.6 Å². The summed E-state index contributed by atoms with van der Waals surface area (Å²) in [4.78, 5) is 8.21. The van der Waals surface area contributed by atoms with Gasteiger partial charge in [-0.25, -0.2) is 16.0 Å². The number of rotatable bonds is 4. The molecule has 0 spiro atoms. The molecule has 1 aliphatic rings. The molecular formula is C15H16N4O3SY-2. The van der Waals surface area contributed by atoms with Gasteiger partial charge in [0.05, 0.1) is 29.4 Å². The molecule has 7 nitrogen and oxygen atoms in total. The molecule has 1 saturated heterocycles. The van der Waals surface area contributed by atoms with Crippen molar-refractivity contribution in [2.24, 2.45) is 0 Å². The number of aliphatic hydroxyl groups is 3. The summed E-state index contributed by atoms with van der Waals surface area (Å²) < 4.78 is 1.72. The van der Waals surface area contributed by atoms with Crippen LogP contribution in [0.2, 0.25) is 0 Å². The molecule has 0 bridgehead atoms. The maximum Gasteiger partial charge on any atom is 0.118 e. The Morgan fingerprint density at radius 1 is 1.38 bits per heavy atom. The van der Waals surface area contributed by atoms with Crippen molar-refractivity contribution in [1.29, 1.82) is 0 Å². The smallest absolute Gasteiger partial charge is 0.118 e. The SMILES string of the molecule is [CH-]=CC=[C-]c1cn([C@@H]2S[C@H](CO)C(O)[C@@H]2O)c2ncnc(N)c12.[Y]. The van der Waals surface area contributed by atoms with Crippen LogP contribution in [0.15, 0.2) is 24.7 Å². The van der Waals surface area contributed by atoms with Crippen molar-refractivity contribution in [1.82, 2.24) is 14.5 Å². The molecule has 2 aromatic rings. The van der Waals surface area contributed by atoms with E-state index in [-0.39, 0.29) is 39.3 Å². The van der Waals surface area contributed by atoms with Gasteiger partial charge in [-0.2, -0.15) is 0 Å². The largest absolute Gasteiger partial charge is 0.395 e. The molecule has 0 aliphatic carbocycles. The number of nitrogens with zero attached hydrogens (tertiary/aromatic N) is 3. The summed E-state index contributed by atoms with van der Waals surface area (Å²) in [5, 5.41) is 29.3. The number of aliphatic hydroxyl groups excluding tert-OH is 3. The molecule has 0 amide bonds. The van der Waals surface area contributed by atoms with Gasteiger partial charge in [-0.05, 0) is 5.39 Å². The predicted molar refractivity (Wildman–Crippen MR) is 87.2 cm³/mol. The predicted octanol–water partition coefficient (Wildman–Crippen LogP) is 0.0358. The third-order valence-corrected chi connectivity index (χ3v) is 5.33. The first-order valence-electron chi connectivity index (χ1n) is 6.95. The van der Waals surface area contributed by atoms with Crippen molar-refractivity contribution in [2.45, 2.75) is 22.8 Å². The number of aromatic nitrogens is 3. The van der Waals surface area contributed by atoms with Gasteiger partial charge in [0.25, 0.3) is 0 Å². The first kappa shape index (κ1) is 19.6. The fraction of sp³-hybridized carbons (Fsp3) is 0.333. The molecule has 0 saturated carbocycles. The van der Waals surface area contributed by atoms with Crippen LogP contribution in [0.3, 0.4) is 0 Å². The molecule has 1 aliphatic heterocycles. The fourth-order valence-electron chi connectivity index (χ4n) is 2.66. The molecule has 2 aromatic heterocycles. The number of hydrogen-bond donors (Lipinski definition) is 4. The molecular weight excluding hydrogens is 405 g/mol. The zero-order valence-corrected chi connectivity index (χ0v) is 16.3. The Kier molecular flexibility index (Phi) is 6.58. The average Bonchev–Trinajstić information content (AvgIpc) is 3.05. The number of anilines is 1. The second-order valence-corrected chi connectivity index (χ2v) is 6.50. The molecule has 3 rings (SSSR count). The summed E-state index contributed by atoms with van der Waals surface area (Å²) in [5.74, 6) is 0.290. The van der Waals surface area contributed by atoms with Gasteiger partial charge >= 0.3 is 0 Å². The van der Waals surface area contributed by atoms with Crippen LogP contribution in [-0.4, -0.2) is 53.9 Å². The Labute approximate surface area is 168 Å². The summed E-state index contributed by atoms with van der Waals surface area (Å²) >= 11 is 1.28. The van der Waals surface area contributed by atoms with Crippen LogP contribution in [-0.2, 0) is 32.7 Å². The van der Waals surface area contributed by atoms with Crippen LogP contribution >= 0.6 is 11.8 Å². The van der Waals surface area contributed by atoms with E-state index in [4.69, 9.17) is 12.3 Å². The quantitative estimate of drug-likeness (QED) is 0.407. The Bertz CT molecular complexity index is 767. The van der Waals surface area contributed by atoms with Gasteiger partial charge in [0.15, 0.2) is 0 Å². The van der Waals surface area contributed by atoms with E-state index in [0.29, 0.717) is 22.4 Å². The number of fused-ring (bicyclic) bond motifs is 1. The molecule has 1 radical (unpaired) electrons. The van der Waals surface area contributed by atoms with Gasteiger partial charge in [0.1, 0.15) is 17.8 Å². The second kappa shape index (κ2) is 8.08. The van der Waals surface area contributed by atoms with E-state index < -0.39 is 22.8 Å². The molecule has 125 valence electrons. The Morgan fingerprint density at radius 3 is 2.75 bits per heavy atom. The van der Waals surface area contributed by atoms with Crippen molar-refractivity contribution in [3.8, 4) is 0 Å². The molecule has 1 unspecified atom stereocenters. The first-order chi connectivity index (χ1) is 11.1. The van der Waals surface area contributed by atoms with Crippen molar-refractivity contribution < 1.29 is 48.0 Å². The zero-order chi connectivity index (χ0) is 16.6. The van der Waals surface area contributed by atoms with E-state index >= 15 is 0 Å². The third-order valence-electron chi connectivity index (χ3n) is 3.77. The maximum atomic E-state index is 10.3. The molecule has 4 atom stereocenters.